The Balaban J connectivity index is 2.78. The molecule has 14 heavy (non-hydrogen) atoms. The molecule has 1 saturated carbocycles. The first-order valence-corrected chi connectivity index (χ1v) is 7.00. The maximum atomic E-state index is 2.96. The Bertz CT molecular complexity index is 174. The molecular formula is C13H27P. The summed E-state index contributed by atoms with van der Waals surface area (Å²) in [6.07, 6.45) is 2.74. The van der Waals surface area contributed by atoms with Crippen LogP contribution in [0.3, 0.4) is 0 Å². The molecule has 0 nitrogen and oxygen atoms in total. The molecule has 1 aliphatic carbocycles. The van der Waals surface area contributed by atoms with Crippen molar-refractivity contribution in [2.75, 3.05) is 6.16 Å². The van der Waals surface area contributed by atoms with Crippen molar-refractivity contribution in [3.05, 3.63) is 0 Å². The Morgan fingerprint density at radius 1 is 1.14 bits per heavy atom. The van der Waals surface area contributed by atoms with E-state index in [2.05, 4.69) is 43.9 Å². The van der Waals surface area contributed by atoms with Gasteiger partial charge in [0.15, 0.2) is 0 Å². The van der Waals surface area contributed by atoms with Gasteiger partial charge in [0.1, 0.15) is 0 Å². The minimum absolute atomic E-state index is 0.852. The third kappa shape index (κ3) is 2.32. The van der Waals surface area contributed by atoms with E-state index >= 15 is 0 Å². The second-order valence-corrected chi connectivity index (χ2v) is 6.22. The molecular weight excluding hydrogens is 187 g/mol. The summed E-state index contributed by atoms with van der Waals surface area (Å²) in [5.74, 6) is 5.48. The topological polar surface area (TPSA) is 0 Å². The van der Waals surface area contributed by atoms with Crippen LogP contribution in [0.1, 0.15) is 41.0 Å². The van der Waals surface area contributed by atoms with Crippen molar-refractivity contribution in [1.82, 2.24) is 0 Å². The van der Waals surface area contributed by atoms with Gasteiger partial charge in [-0.05, 0) is 48.1 Å². The van der Waals surface area contributed by atoms with E-state index in [0.717, 1.165) is 35.5 Å². The summed E-state index contributed by atoms with van der Waals surface area (Å²) in [6.45, 7) is 12.2. The highest BCUT2D eigenvalue weighted by molar-refractivity contribution is 7.16. The highest BCUT2D eigenvalue weighted by Crippen LogP contribution is 2.45. The average molecular weight is 214 g/mol. The van der Waals surface area contributed by atoms with E-state index in [-0.39, 0.29) is 0 Å². The molecule has 0 spiro atoms. The molecule has 84 valence electrons. The van der Waals surface area contributed by atoms with Gasteiger partial charge in [0.2, 0.25) is 0 Å². The third-order valence-electron chi connectivity index (χ3n) is 4.63. The van der Waals surface area contributed by atoms with E-state index in [9.17, 15) is 0 Å². The van der Waals surface area contributed by atoms with Crippen molar-refractivity contribution in [3.63, 3.8) is 0 Å². The van der Waals surface area contributed by atoms with Crippen molar-refractivity contribution in [1.29, 1.82) is 0 Å². The van der Waals surface area contributed by atoms with Crippen LogP contribution in [0.5, 0.6) is 0 Å². The number of hydrogen-bond acceptors (Lipinski definition) is 0. The zero-order valence-corrected chi connectivity index (χ0v) is 11.6. The predicted octanol–water partition coefficient (Wildman–Crippen LogP) is 4.06. The van der Waals surface area contributed by atoms with Crippen LogP contribution >= 0.6 is 9.24 Å². The molecule has 1 aliphatic rings. The third-order valence-corrected chi connectivity index (χ3v) is 5.23. The van der Waals surface area contributed by atoms with Gasteiger partial charge in [-0.1, -0.05) is 34.6 Å². The second kappa shape index (κ2) is 4.97. The van der Waals surface area contributed by atoms with Crippen LogP contribution in [0.4, 0.5) is 0 Å². The molecule has 0 aromatic carbocycles. The molecule has 0 aromatic heterocycles. The van der Waals surface area contributed by atoms with E-state index < -0.39 is 0 Å². The van der Waals surface area contributed by atoms with Crippen molar-refractivity contribution in [2.45, 2.75) is 41.0 Å². The molecule has 1 rings (SSSR count). The predicted molar refractivity (Wildman–Crippen MR) is 68.5 cm³/mol. The Kier molecular flexibility index (Phi) is 4.44. The lowest BCUT2D eigenvalue weighted by molar-refractivity contribution is 0.0458. The minimum atomic E-state index is 0.852. The van der Waals surface area contributed by atoms with Gasteiger partial charge >= 0.3 is 0 Å². The standard InChI is InChI=1S/C13H27P/c1-8(2)13-11(5)10(4)9(3)6-12(13)7-14/h8-13H,6-7,14H2,1-5H3. The van der Waals surface area contributed by atoms with Crippen LogP contribution in [0.2, 0.25) is 0 Å². The summed E-state index contributed by atoms with van der Waals surface area (Å²) < 4.78 is 0. The van der Waals surface area contributed by atoms with E-state index in [1.165, 1.54) is 12.6 Å². The second-order valence-electron chi connectivity index (χ2n) is 5.75. The SMILES string of the molecule is CC(C)C1C(CP)CC(C)C(C)C1C. The lowest BCUT2D eigenvalue weighted by Crippen LogP contribution is -2.39. The highest BCUT2D eigenvalue weighted by atomic mass is 31.0. The summed E-state index contributed by atoms with van der Waals surface area (Å²) in [6, 6.07) is 0. The molecule has 0 amide bonds. The van der Waals surface area contributed by atoms with Gasteiger partial charge in [0, 0.05) is 0 Å². The van der Waals surface area contributed by atoms with Gasteiger partial charge in [0.25, 0.3) is 0 Å². The summed E-state index contributed by atoms with van der Waals surface area (Å²) in [7, 11) is 2.96. The van der Waals surface area contributed by atoms with Crippen LogP contribution in [-0.2, 0) is 0 Å². The average Bonchev–Trinajstić information content (AvgIpc) is 2.12. The first-order valence-electron chi connectivity index (χ1n) is 6.19. The van der Waals surface area contributed by atoms with Crippen molar-refractivity contribution in [3.8, 4) is 0 Å². The summed E-state index contributed by atoms with van der Waals surface area (Å²) >= 11 is 0. The van der Waals surface area contributed by atoms with Crippen LogP contribution in [0.25, 0.3) is 0 Å². The number of hydrogen-bond donors (Lipinski definition) is 0. The van der Waals surface area contributed by atoms with E-state index in [1.807, 2.05) is 0 Å². The Morgan fingerprint density at radius 2 is 1.71 bits per heavy atom. The first kappa shape index (κ1) is 12.5. The lowest BCUT2D eigenvalue weighted by Gasteiger charge is -2.46. The van der Waals surface area contributed by atoms with Gasteiger partial charge in [-0.2, -0.15) is 0 Å². The van der Waals surface area contributed by atoms with E-state index in [4.69, 9.17) is 0 Å². The van der Waals surface area contributed by atoms with Gasteiger partial charge < -0.3 is 0 Å². The van der Waals surface area contributed by atoms with Gasteiger partial charge in [-0.25, -0.2) is 0 Å². The first-order chi connectivity index (χ1) is 6.49. The smallest absolute Gasteiger partial charge is 0.0331 e. The van der Waals surface area contributed by atoms with Crippen LogP contribution < -0.4 is 0 Å². The molecule has 0 bridgehead atoms. The van der Waals surface area contributed by atoms with Crippen molar-refractivity contribution in [2.24, 2.45) is 35.5 Å². The molecule has 0 heterocycles. The highest BCUT2D eigenvalue weighted by Gasteiger charge is 2.38. The molecule has 0 saturated heterocycles. The van der Waals surface area contributed by atoms with Crippen LogP contribution in [0.15, 0.2) is 0 Å². The zero-order valence-electron chi connectivity index (χ0n) is 10.5. The molecule has 6 unspecified atom stereocenters. The molecule has 0 aromatic rings. The van der Waals surface area contributed by atoms with E-state index in [0.29, 0.717) is 0 Å². The number of rotatable bonds is 2. The normalized spacial score (nSPS) is 44.4. The maximum Gasteiger partial charge on any atom is -0.0331 e. The van der Waals surface area contributed by atoms with Crippen molar-refractivity contribution < 1.29 is 0 Å². The molecule has 1 fully saturated rings. The fourth-order valence-corrected chi connectivity index (χ4v) is 4.06. The Morgan fingerprint density at radius 3 is 2.14 bits per heavy atom. The molecule has 6 atom stereocenters. The molecule has 0 radical (unpaired) electrons. The largest absolute Gasteiger partial charge is 0.137 e. The summed E-state index contributed by atoms with van der Waals surface area (Å²) in [4.78, 5) is 0. The Hall–Kier alpha value is 0.430. The van der Waals surface area contributed by atoms with Crippen LogP contribution in [-0.4, -0.2) is 6.16 Å². The van der Waals surface area contributed by atoms with Crippen molar-refractivity contribution >= 4 is 9.24 Å². The van der Waals surface area contributed by atoms with E-state index in [1.54, 1.807) is 0 Å². The molecule has 0 N–H and O–H groups in total. The fraction of sp³-hybridized carbons (Fsp3) is 1.00. The zero-order chi connectivity index (χ0) is 10.9. The maximum absolute atomic E-state index is 2.96. The van der Waals surface area contributed by atoms with Crippen LogP contribution in [0, 0.1) is 35.5 Å². The quantitative estimate of drug-likeness (QED) is 0.608. The summed E-state index contributed by atoms with van der Waals surface area (Å²) in [5, 5.41) is 0. The van der Waals surface area contributed by atoms with Gasteiger partial charge in [-0.15, -0.1) is 9.24 Å². The minimum Gasteiger partial charge on any atom is -0.137 e. The van der Waals surface area contributed by atoms with Gasteiger partial charge in [-0.3, -0.25) is 0 Å². The lowest BCUT2D eigenvalue weighted by atomic mass is 9.61. The summed E-state index contributed by atoms with van der Waals surface area (Å²) in [5.41, 5.74) is 0. The fourth-order valence-electron chi connectivity index (χ4n) is 3.55. The monoisotopic (exact) mass is 214 g/mol. The van der Waals surface area contributed by atoms with Gasteiger partial charge in [0.05, 0.1) is 0 Å². The molecule has 0 aliphatic heterocycles. The Labute approximate surface area is 92.4 Å². The molecule has 1 heteroatoms.